The van der Waals surface area contributed by atoms with Crippen LogP contribution in [-0.2, 0) is 6.54 Å². The molecule has 0 N–H and O–H groups in total. The van der Waals surface area contributed by atoms with Crippen LogP contribution in [-0.4, -0.2) is 4.57 Å². The van der Waals surface area contributed by atoms with E-state index < -0.39 is 0 Å². The molecule has 0 atom stereocenters. The summed E-state index contributed by atoms with van der Waals surface area (Å²) in [7, 11) is 0. The van der Waals surface area contributed by atoms with E-state index in [-0.39, 0.29) is 5.56 Å². The molecule has 0 aliphatic carbocycles. The number of aromatic nitrogens is 1. The van der Waals surface area contributed by atoms with E-state index in [4.69, 9.17) is 0 Å². The van der Waals surface area contributed by atoms with Crippen LogP contribution >= 0.6 is 59.1 Å². The molecule has 0 aliphatic heterocycles. The Balaban J connectivity index is 2.38. The van der Waals surface area contributed by atoms with Crippen molar-refractivity contribution >= 4 is 59.1 Å². The van der Waals surface area contributed by atoms with Crippen LogP contribution in [0.3, 0.4) is 0 Å². The monoisotopic (exact) mass is 425 g/mol. The lowest BCUT2D eigenvalue weighted by atomic mass is 10.4. The van der Waals surface area contributed by atoms with Gasteiger partial charge in [-0.15, -0.1) is 11.3 Å². The Morgan fingerprint density at radius 1 is 1.25 bits per heavy atom. The number of hydrogen-bond donors (Lipinski definition) is 0. The first kappa shape index (κ1) is 12.5. The highest BCUT2D eigenvalue weighted by Gasteiger charge is 2.05. The second kappa shape index (κ2) is 5.16. The molecule has 0 bridgehead atoms. The van der Waals surface area contributed by atoms with E-state index in [1.807, 2.05) is 12.1 Å². The Morgan fingerprint density at radius 2 is 2.00 bits per heavy atom. The van der Waals surface area contributed by atoms with E-state index in [1.165, 1.54) is 0 Å². The fraction of sp³-hybridized carbons (Fsp3) is 0.100. The number of halogens is 3. The van der Waals surface area contributed by atoms with Crippen LogP contribution in [0.5, 0.6) is 0 Å². The molecule has 84 valence electrons. The van der Waals surface area contributed by atoms with Crippen molar-refractivity contribution in [2.45, 2.75) is 6.54 Å². The molecule has 2 aromatic rings. The summed E-state index contributed by atoms with van der Waals surface area (Å²) in [4.78, 5) is 13.0. The molecule has 0 unspecified atom stereocenters. The Kier molecular flexibility index (Phi) is 4.05. The van der Waals surface area contributed by atoms with E-state index in [0.717, 1.165) is 13.1 Å². The minimum absolute atomic E-state index is 0.0206. The lowest BCUT2D eigenvalue weighted by molar-refractivity contribution is 0.762. The maximum atomic E-state index is 11.8. The Labute approximate surface area is 122 Å². The van der Waals surface area contributed by atoms with E-state index in [2.05, 4.69) is 47.8 Å². The summed E-state index contributed by atoms with van der Waals surface area (Å²) in [5.74, 6) is 0. The summed E-state index contributed by atoms with van der Waals surface area (Å²) in [6, 6.07) is 5.75. The van der Waals surface area contributed by atoms with E-state index in [1.54, 1.807) is 28.2 Å². The highest BCUT2D eigenvalue weighted by atomic mass is 79.9. The van der Waals surface area contributed by atoms with Crippen molar-refractivity contribution in [2.75, 3.05) is 0 Å². The first-order valence-electron chi connectivity index (χ1n) is 4.36. The van der Waals surface area contributed by atoms with Gasteiger partial charge in [-0.25, -0.2) is 0 Å². The van der Waals surface area contributed by atoms with Gasteiger partial charge in [0.15, 0.2) is 0 Å². The lowest BCUT2D eigenvalue weighted by Gasteiger charge is -2.05. The molecule has 0 aromatic carbocycles. The van der Waals surface area contributed by atoms with Crippen LogP contribution in [0.1, 0.15) is 4.88 Å². The maximum Gasteiger partial charge on any atom is 0.265 e. The third kappa shape index (κ3) is 2.85. The highest BCUT2D eigenvalue weighted by Crippen LogP contribution is 2.23. The number of thiophene rings is 1. The number of hydrogen-bond acceptors (Lipinski definition) is 2. The van der Waals surface area contributed by atoms with E-state index >= 15 is 0 Å². The van der Waals surface area contributed by atoms with Gasteiger partial charge >= 0.3 is 0 Å². The summed E-state index contributed by atoms with van der Waals surface area (Å²) < 4.78 is 4.20. The Morgan fingerprint density at radius 3 is 2.62 bits per heavy atom. The van der Waals surface area contributed by atoms with Crippen LogP contribution in [0.15, 0.2) is 41.9 Å². The van der Waals surface area contributed by atoms with Gasteiger partial charge in [0.2, 0.25) is 0 Å². The molecule has 2 rings (SSSR count). The van der Waals surface area contributed by atoms with Crippen molar-refractivity contribution in [2.24, 2.45) is 0 Å². The molecule has 0 amide bonds. The van der Waals surface area contributed by atoms with Gasteiger partial charge < -0.3 is 4.57 Å². The van der Waals surface area contributed by atoms with Crippen molar-refractivity contribution in [3.05, 3.63) is 52.4 Å². The number of rotatable bonds is 2. The van der Waals surface area contributed by atoms with Crippen molar-refractivity contribution in [1.29, 1.82) is 0 Å². The molecular formula is C10H6Br3NOS. The zero-order valence-electron chi connectivity index (χ0n) is 7.91. The molecule has 0 radical (unpaired) electrons. The van der Waals surface area contributed by atoms with Crippen LogP contribution in [0.4, 0.5) is 0 Å². The fourth-order valence-electron chi connectivity index (χ4n) is 1.29. The lowest BCUT2D eigenvalue weighted by Crippen LogP contribution is -2.20. The van der Waals surface area contributed by atoms with Gasteiger partial charge in [0.05, 0.1) is 14.8 Å². The van der Waals surface area contributed by atoms with E-state index in [9.17, 15) is 4.79 Å². The molecule has 2 heterocycles. The maximum absolute atomic E-state index is 11.8. The molecule has 16 heavy (non-hydrogen) atoms. The quantitative estimate of drug-likeness (QED) is 0.702. The van der Waals surface area contributed by atoms with Crippen molar-refractivity contribution in [3.63, 3.8) is 0 Å². The zero-order chi connectivity index (χ0) is 11.7. The molecule has 0 aliphatic rings. The van der Waals surface area contributed by atoms with Crippen LogP contribution < -0.4 is 5.56 Å². The van der Waals surface area contributed by atoms with Gasteiger partial charge in [-0.1, -0.05) is 0 Å². The average Bonchev–Trinajstić information content (AvgIpc) is 2.60. The van der Waals surface area contributed by atoms with E-state index in [0.29, 0.717) is 11.0 Å². The molecule has 2 nitrogen and oxygen atoms in total. The third-order valence-corrected chi connectivity index (χ3v) is 4.57. The molecule has 0 spiro atoms. The first-order valence-corrected chi connectivity index (χ1v) is 7.55. The standard InChI is InChI=1S/C10H6Br3NOS/c11-6-3-8(12)10(15)14(4-6)5-7-1-2-9(13)16-7/h1-4H,5H2. The van der Waals surface area contributed by atoms with Gasteiger partial charge in [-0.05, 0) is 66.0 Å². The molecule has 2 aromatic heterocycles. The zero-order valence-corrected chi connectivity index (χ0v) is 13.5. The fourth-order valence-corrected chi connectivity index (χ4v) is 4.03. The molecule has 6 heteroatoms. The number of pyridine rings is 1. The van der Waals surface area contributed by atoms with Crippen LogP contribution in [0, 0.1) is 0 Å². The highest BCUT2D eigenvalue weighted by molar-refractivity contribution is 9.11. The minimum atomic E-state index is -0.0206. The van der Waals surface area contributed by atoms with Gasteiger partial charge in [-0.2, -0.15) is 0 Å². The van der Waals surface area contributed by atoms with Crippen LogP contribution in [0.25, 0.3) is 0 Å². The van der Waals surface area contributed by atoms with Crippen molar-refractivity contribution in [1.82, 2.24) is 4.57 Å². The van der Waals surface area contributed by atoms with Crippen molar-refractivity contribution < 1.29 is 0 Å². The van der Waals surface area contributed by atoms with Gasteiger partial charge in [0.1, 0.15) is 0 Å². The van der Waals surface area contributed by atoms with Gasteiger partial charge in [-0.3, -0.25) is 4.79 Å². The van der Waals surface area contributed by atoms with Gasteiger partial charge in [0, 0.05) is 15.5 Å². The second-order valence-corrected chi connectivity index (χ2v) is 7.46. The Hall–Kier alpha value is 0.0900. The predicted octanol–water partition coefficient (Wildman–Crippen LogP) is 4.25. The summed E-state index contributed by atoms with van der Waals surface area (Å²) >= 11 is 11.7. The van der Waals surface area contributed by atoms with Gasteiger partial charge in [0.25, 0.3) is 5.56 Å². The number of nitrogens with zero attached hydrogens (tertiary/aromatic N) is 1. The van der Waals surface area contributed by atoms with Crippen molar-refractivity contribution in [3.8, 4) is 0 Å². The predicted molar refractivity (Wildman–Crippen MR) is 77.2 cm³/mol. The average molecular weight is 428 g/mol. The summed E-state index contributed by atoms with van der Waals surface area (Å²) in [5, 5.41) is 0. The molecule has 0 saturated carbocycles. The largest absolute Gasteiger partial charge is 0.308 e. The van der Waals surface area contributed by atoms with Crippen LogP contribution in [0.2, 0.25) is 0 Å². The summed E-state index contributed by atoms with van der Waals surface area (Å²) in [6.07, 6.45) is 1.79. The summed E-state index contributed by atoms with van der Waals surface area (Å²) in [6.45, 7) is 0.590. The second-order valence-electron chi connectivity index (χ2n) is 3.15. The SMILES string of the molecule is O=c1c(Br)cc(Br)cn1Cc1ccc(Br)s1. The topological polar surface area (TPSA) is 22.0 Å². The Bertz CT molecular complexity index is 576. The third-order valence-electron chi connectivity index (χ3n) is 1.96. The first-order chi connectivity index (χ1) is 7.56. The smallest absolute Gasteiger partial charge is 0.265 e. The molecule has 0 saturated heterocycles. The minimum Gasteiger partial charge on any atom is -0.308 e. The normalized spacial score (nSPS) is 10.7. The molecular weight excluding hydrogens is 422 g/mol. The summed E-state index contributed by atoms with van der Waals surface area (Å²) in [5.41, 5.74) is -0.0206. The molecule has 0 fully saturated rings.